The summed E-state index contributed by atoms with van der Waals surface area (Å²) in [6, 6.07) is 12.1. The van der Waals surface area contributed by atoms with E-state index >= 15 is 0 Å². The molecule has 12 nitrogen and oxygen atoms in total. The Morgan fingerprint density at radius 2 is 1.74 bits per heavy atom. The first-order valence-electron chi connectivity index (χ1n) is 11.0. The van der Waals surface area contributed by atoms with E-state index in [-0.39, 0.29) is 38.4 Å². The maximum absolute atomic E-state index is 13.1. The second-order valence-corrected chi connectivity index (χ2v) is 10.1. The Kier molecular flexibility index (Phi) is 7.38. The molecule has 0 unspecified atom stereocenters. The molecule has 1 N–H and O–H groups in total. The molecule has 0 bridgehead atoms. The molecular formula is C25H18ClN3O9S. The summed E-state index contributed by atoms with van der Waals surface area (Å²) in [6.07, 6.45) is 1.10. The van der Waals surface area contributed by atoms with Gasteiger partial charge in [0, 0.05) is 12.1 Å². The van der Waals surface area contributed by atoms with Crippen LogP contribution in [0.4, 0.5) is 16.2 Å². The average Bonchev–Trinajstić information content (AvgIpc) is 2.88. The molecule has 39 heavy (non-hydrogen) atoms. The van der Waals surface area contributed by atoms with E-state index in [1.54, 1.807) is 19.1 Å². The number of benzene rings is 3. The van der Waals surface area contributed by atoms with Gasteiger partial charge in [0.15, 0.2) is 5.75 Å². The molecule has 1 aliphatic heterocycles. The molecule has 1 heterocycles. The molecule has 0 atom stereocenters. The highest BCUT2D eigenvalue weighted by molar-refractivity contribution is 7.87. The van der Waals surface area contributed by atoms with Gasteiger partial charge >= 0.3 is 16.1 Å². The predicted octanol–water partition coefficient (Wildman–Crippen LogP) is 4.00. The molecule has 0 aromatic heterocycles. The van der Waals surface area contributed by atoms with Crippen molar-refractivity contribution in [3.63, 3.8) is 0 Å². The lowest BCUT2D eigenvalue weighted by Gasteiger charge is -2.26. The van der Waals surface area contributed by atoms with Crippen LogP contribution < -0.4 is 19.1 Å². The first-order valence-corrected chi connectivity index (χ1v) is 12.7. The molecule has 1 aliphatic rings. The molecule has 1 saturated heterocycles. The maximum atomic E-state index is 13.1. The van der Waals surface area contributed by atoms with Gasteiger partial charge in [0.25, 0.3) is 17.5 Å². The Morgan fingerprint density at radius 3 is 2.38 bits per heavy atom. The molecule has 200 valence electrons. The van der Waals surface area contributed by atoms with E-state index in [4.69, 9.17) is 20.5 Å². The molecule has 3 aromatic carbocycles. The number of urea groups is 1. The number of rotatable bonds is 7. The summed E-state index contributed by atoms with van der Waals surface area (Å²) in [5.74, 6) is -2.53. The first-order chi connectivity index (χ1) is 18.4. The molecule has 4 rings (SSSR count). The number of methoxy groups -OCH3 is 1. The fourth-order valence-electron chi connectivity index (χ4n) is 3.57. The third kappa shape index (κ3) is 5.58. The van der Waals surface area contributed by atoms with Crippen molar-refractivity contribution < 1.29 is 36.6 Å². The van der Waals surface area contributed by atoms with Crippen LogP contribution in [0.2, 0.25) is 5.02 Å². The molecule has 14 heteroatoms. The third-order valence-electron chi connectivity index (χ3n) is 5.47. The summed E-state index contributed by atoms with van der Waals surface area (Å²) >= 11 is 6.30. The largest absolute Gasteiger partial charge is 0.493 e. The number of nitrogens with zero attached hydrogens (tertiary/aromatic N) is 2. The van der Waals surface area contributed by atoms with Crippen LogP contribution in [0.3, 0.4) is 0 Å². The number of barbiturate groups is 1. The van der Waals surface area contributed by atoms with Gasteiger partial charge in [-0.05, 0) is 48.9 Å². The number of carbonyl (C=O) groups excluding carboxylic acids is 3. The number of nitrogens with one attached hydrogen (secondary N) is 1. The smallest absolute Gasteiger partial charge is 0.339 e. The Hall–Kier alpha value is -4.75. The topological polar surface area (TPSA) is 162 Å². The Balaban J connectivity index is 1.70. The van der Waals surface area contributed by atoms with E-state index in [0.717, 1.165) is 17.7 Å². The molecule has 0 spiro atoms. The number of nitro benzene ring substituents is 1. The van der Waals surface area contributed by atoms with Gasteiger partial charge in [0.05, 0.1) is 22.7 Å². The lowest BCUT2D eigenvalue weighted by atomic mass is 10.1. The third-order valence-corrected chi connectivity index (χ3v) is 6.98. The van der Waals surface area contributed by atoms with Crippen LogP contribution in [0.25, 0.3) is 6.08 Å². The number of amides is 4. The SMILES string of the molecule is COc1cc(/C=C2\C(=O)NC(=O)N(c3cccc([N+](=O)[O-])c3)C2=O)cc(Cl)c1OS(=O)(=O)c1ccc(C)cc1. The van der Waals surface area contributed by atoms with Gasteiger partial charge in [-0.3, -0.25) is 25.0 Å². The molecule has 4 amide bonds. The van der Waals surface area contributed by atoms with E-state index in [2.05, 4.69) is 0 Å². The second-order valence-electron chi connectivity index (χ2n) is 8.12. The number of hydrogen-bond donors (Lipinski definition) is 1. The summed E-state index contributed by atoms with van der Waals surface area (Å²) in [6.45, 7) is 1.79. The fraction of sp³-hybridized carbons (Fsp3) is 0.0800. The van der Waals surface area contributed by atoms with Crippen LogP contribution in [0.5, 0.6) is 11.5 Å². The highest BCUT2D eigenvalue weighted by Gasteiger charge is 2.37. The zero-order chi connectivity index (χ0) is 28.5. The quantitative estimate of drug-likeness (QED) is 0.145. The predicted molar refractivity (Wildman–Crippen MR) is 139 cm³/mol. The Morgan fingerprint density at radius 1 is 1.05 bits per heavy atom. The number of aryl methyl sites for hydroxylation is 1. The van der Waals surface area contributed by atoms with E-state index in [1.165, 1.54) is 49.6 Å². The minimum absolute atomic E-state index is 0.118. The van der Waals surface area contributed by atoms with Gasteiger partial charge in [-0.25, -0.2) is 9.69 Å². The standard InChI is InChI=1S/C25H18ClN3O9S/c1-14-6-8-18(9-7-14)39(35,36)38-22-20(26)11-15(12-21(22)37-2)10-19-23(30)27-25(32)28(24(19)31)16-4-3-5-17(13-16)29(33)34/h3-13H,1-2H3,(H,27,30,32)/b19-10+. The van der Waals surface area contributed by atoms with Crippen LogP contribution in [0, 0.1) is 17.0 Å². The highest BCUT2D eigenvalue weighted by Crippen LogP contribution is 2.39. The summed E-state index contributed by atoms with van der Waals surface area (Å²) in [5.41, 5.74) is -0.0352. The number of nitro groups is 1. The van der Waals surface area contributed by atoms with Crippen LogP contribution in [0.1, 0.15) is 11.1 Å². The zero-order valence-corrected chi connectivity index (χ0v) is 21.8. The van der Waals surface area contributed by atoms with Gasteiger partial charge in [-0.1, -0.05) is 35.4 Å². The average molecular weight is 572 g/mol. The van der Waals surface area contributed by atoms with E-state index < -0.39 is 38.5 Å². The van der Waals surface area contributed by atoms with E-state index in [9.17, 15) is 32.9 Å². The van der Waals surface area contributed by atoms with Crippen LogP contribution in [0.15, 0.2) is 71.1 Å². The maximum Gasteiger partial charge on any atom is 0.339 e. The van der Waals surface area contributed by atoms with Crippen LogP contribution in [-0.4, -0.2) is 38.3 Å². The first kappa shape index (κ1) is 27.3. The van der Waals surface area contributed by atoms with Gasteiger partial charge in [-0.15, -0.1) is 0 Å². The lowest BCUT2D eigenvalue weighted by Crippen LogP contribution is -2.54. The van der Waals surface area contributed by atoms with Gasteiger partial charge in [-0.2, -0.15) is 8.42 Å². The molecule has 0 aliphatic carbocycles. The number of halogens is 1. The van der Waals surface area contributed by atoms with Crippen molar-refractivity contribution >= 4 is 57.0 Å². The summed E-state index contributed by atoms with van der Waals surface area (Å²) in [5, 5.41) is 12.9. The van der Waals surface area contributed by atoms with Crippen LogP contribution >= 0.6 is 11.6 Å². The number of ether oxygens (including phenoxy) is 1. The van der Waals surface area contributed by atoms with Crippen molar-refractivity contribution in [3.8, 4) is 11.5 Å². The summed E-state index contributed by atoms with van der Waals surface area (Å²) in [7, 11) is -3.06. The molecular weight excluding hydrogens is 554 g/mol. The zero-order valence-electron chi connectivity index (χ0n) is 20.2. The lowest BCUT2D eigenvalue weighted by molar-refractivity contribution is -0.384. The van der Waals surface area contributed by atoms with E-state index in [1.807, 2.05) is 5.32 Å². The normalized spacial score (nSPS) is 14.8. The molecule has 0 saturated carbocycles. The number of anilines is 1. The van der Waals surface area contributed by atoms with Crippen molar-refractivity contribution in [1.82, 2.24) is 5.32 Å². The highest BCUT2D eigenvalue weighted by atomic mass is 35.5. The second kappa shape index (κ2) is 10.6. The number of hydrogen-bond acceptors (Lipinski definition) is 9. The minimum atomic E-state index is -4.29. The Bertz CT molecular complexity index is 1670. The summed E-state index contributed by atoms with van der Waals surface area (Å²) < 4.78 is 36.0. The molecule has 1 fully saturated rings. The van der Waals surface area contributed by atoms with Crippen molar-refractivity contribution in [3.05, 3.63) is 92.5 Å². The van der Waals surface area contributed by atoms with Gasteiger partial charge in [0.1, 0.15) is 10.5 Å². The van der Waals surface area contributed by atoms with Crippen molar-refractivity contribution in [2.75, 3.05) is 12.0 Å². The van der Waals surface area contributed by atoms with Crippen molar-refractivity contribution in [2.45, 2.75) is 11.8 Å². The number of imide groups is 2. The van der Waals surface area contributed by atoms with E-state index in [0.29, 0.717) is 4.90 Å². The van der Waals surface area contributed by atoms with Crippen molar-refractivity contribution in [2.24, 2.45) is 0 Å². The molecule has 0 radical (unpaired) electrons. The summed E-state index contributed by atoms with van der Waals surface area (Å²) in [4.78, 5) is 49.0. The van der Waals surface area contributed by atoms with Crippen molar-refractivity contribution in [1.29, 1.82) is 0 Å². The number of non-ortho nitro benzene ring substituents is 1. The number of carbonyl (C=O) groups is 3. The fourth-order valence-corrected chi connectivity index (χ4v) is 4.83. The van der Waals surface area contributed by atoms with Gasteiger partial charge < -0.3 is 8.92 Å². The Labute approximate surface area is 226 Å². The van der Waals surface area contributed by atoms with Crippen LogP contribution in [-0.2, 0) is 19.7 Å². The monoisotopic (exact) mass is 571 g/mol. The minimum Gasteiger partial charge on any atom is -0.493 e. The molecule has 3 aromatic rings. The van der Waals surface area contributed by atoms with Gasteiger partial charge in [0.2, 0.25) is 5.75 Å².